The van der Waals surface area contributed by atoms with Gasteiger partial charge in [0, 0.05) is 6.42 Å². The summed E-state index contributed by atoms with van der Waals surface area (Å²) in [5.74, 6) is -1.34. The van der Waals surface area contributed by atoms with Gasteiger partial charge in [-0.05, 0) is 12.8 Å². The van der Waals surface area contributed by atoms with Gasteiger partial charge in [-0.1, -0.05) is 0 Å². The van der Waals surface area contributed by atoms with Crippen molar-refractivity contribution in [1.29, 1.82) is 0 Å². The van der Waals surface area contributed by atoms with Gasteiger partial charge in [0.2, 0.25) is 0 Å². The van der Waals surface area contributed by atoms with Gasteiger partial charge in [-0.25, -0.2) is 4.79 Å². The summed E-state index contributed by atoms with van der Waals surface area (Å²) >= 11 is 0. The van der Waals surface area contributed by atoms with Crippen molar-refractivity contribution in [2.45, 2.75) is 37.1 Å². The monoisotopic (exact) mass is 176 g/mol. The van der Waals surface area contributed by atoms with E-state index in [1.807, 2.05) is 0 Å². The summed E-state index contributed by atoms with van der Waals surface area (Å²) in [4.78, 5) is 10.5. The molecule has 0 radical (unpaired) electrons. The van der Waals surface area contributed by atoms with Crippen LogP contribution in [-0.2, 0) is 4.79 Å². The first kappa shape index (κ1) is 9.44. The van der Waals surface area contributed by atoms with Gasteiger partial charge in [-0.15, -0.1) is 0 Å². The standard InChI is InChI=1S/C7H12O5/c8-4-1-2-7(12,6(10)11)3-5(4)9/h4-5,8-9,12H,1-3H2,(H,10,11)/t4?,5?,7-/m1/s1. The van der Waals surface area contributed by atoms with Crippen LogP contribution in [0.15, 0.2) is 0 Å². The molecule has 0 bridgehead atoms. The number of carboxylic acid groups (broad SMARTS) is 1. The van der Waals surface area contributed by atoms with E-state index >= 15 is 0 Å². The molecule has 0 heterocycles. The third-order valence-corrected chi connectivity index (χ3v) is 2.24. The van der Waals surface area contributed by atoms with Crippen LogP contribution < -0.4 is 0 Å². The van der Waals surface area contributed by atoms with E-state index in [0.29, 0.717) is 0 Å². The fourth-order valence-corrected chi connectivity index (χ4v) is 1.36. The second-order valence-corrected chi connectivity index (χ2v) is 3.21. The molecule has 1 aliphatic rings. The Morgan fingerprint density at radius 2 is 1.92 bits per heavy atom. The Morgan fingerprint density at radius 1 is 1.33 bits per heavy atom. The molecule has 0 spiro atoms. The fourth-order valence-electron chi connectivity index (χ4n) is 1.36. The molecule has 5 heteroatoms. The summed E-state index contributed by atoms with van der Waals surface area (Å²) in [5, 5.41) is 36.1. The normalized spacial score (nSPS) is 42.6. The minimum absolute atomic E-state index is 0.0133. The zero-order valence-electron chi connectivity index (χ0n) is 6.47. The molecule has 70 valence electrons. The average Bonchev–Trinajstić information content (AvgIpc) is 1.97. The Bertz CT molecular complexity index is 192. The van der Waals surface area contributed by atoms with E-state index in [-0.39, 0.29) is 19.3 Å². The summed E-state index contributed by atoms with van der Waals surface area (Å²) < 4.78 is 0. The number of carboxylic acids is 1. The highest BCUT2D eigenvalue weighted by atomic mass is 16.4. The SMILES string of the molecule is O=C(O)[C@@]1(O)CCC(O)C(O)C1. The predicted octanol–water partition coefficient (Wildman–Crippen LogP) is -1.29. The molecule has 0 aromatic carbocycles. The molecule has 1 saturated carbocycles. The van der Waals surface area contributed by atoms with Crippen LogP contribution in [0.3, 0.4) is 0 Å². The van der Waals surface area contributed by atoms with Crippen molar-refractivity contribution in [2.75, 3.05) is 0 Å². The van der Waals surface area contributed by atoms with Gasteiger partial charge in [0.25, 0.3) is 0 Å². The molecule has 1 fully saturated rings. The number of hydrogen-bond acceptors (Lipinski definition) is 4. The minimum atomic E-state index is -1.86. The van der Waals surface area contributed by atoms with E-state index in [1.165, 1.54) is 0 Å². The molecule has 0 saturated heterocycles. The highest BCUT2D eigenvalue weighted by Gasteiger charge is 2.43. The first-order chi connectivity index (χ1) is 5.46. The van der Waals surface area contributed by atoms with Crippen molar-refractivity contribution in [3.05, 3.63) is 0 Å². The molecule has 0 aromatic rings. The second kappa shape index (κ2) is 3.01. The van der Waals surface area contributed by atoms with Crippen LogP contribution >= 0.6 is 0 Å². The fraction of sp³-hybridized carbons (Fsp3) is 0.857. The lowest BCUT2D eigenvalue weighted by molar-refractivity contribution is -0.171. The molecule has 2 unspecified atom stereocenters. The average molecular weight is 176 g/mol. The molecule has 0 aromatic heterocycles. The molecular weight excluding hydrogens is 164 g/mol. The second-order valence-electron chi connectivity index (χ2n) is 3.21. The minimum Gasteiger partial charge on any atom is -0.479 e. The number of rotatable bonds is 1. The van der Waals surface area contributed by atoms with Gasteiger partial charge in [0.15, 0.2) is 5.60 Å². The summed E-state index contributed by atoms with van der Waals surface area (Å²) in [7, 11) is 0. The highest BCUT2D eigenvalue weighted by Crippen LogP contribution is 2.28. The first-order valence-corrected chi connectivity index (χ1v) is 3.77. The molecule has 3 atom stereocenters. The van der Waals surface area contributed by atoms with Crippen LogP contribution in [0, 0.1) is 0 Å². The topological polar surface area (TPSA) is 98.0 Å². The highest BCUT2D eigenvalue weighted by molar-refractivity contribution is 5.77. The Hall–Kier alpha value is -0.650. The zero-order chi connectivity index (χ0) is 9.35. The van der Waals surface area contributed by atoms with Crippen molar-refractivity contribution in [2.24, 2.45) is 0 Å². The molecule has 5 nitrogen and oxygen atoms in total. The van der Waals surface area contributed by atoms with E-state index in [4.69, 9.17) is 15.3 Å². The van der Waals surface area contributed by atoms with Crippen molar-refractivity contribution < 1.29 is 25.2 Å². The summed E-state index contributed by atoms with van der Waals surface area (Å²) in [6, 6.07) is 0. The Balaban J connectivity index is 2.66. The van der Waals surface area contributed by atoms with Crippen molar-refractivity contribution in [1.82, 2.24) is 0 Å². The number of aliphatic hydroxyl groups excluding tert-OH is 2. The molecule has 1 aliphatic carbocycles. The molecule has 4 N–H and O–H groups in total. The maximum Gasteiger partial charge on any atom is 0.335 e. The van der Waals surface area contributed by atoms with E-state index in [1.54, 1.807) is 0 Å². The van der Waals surface area contributed by atoms with Crippen LogP contribution in [0.1, 0.15) is 19.3 Å². The smallest absolute Gasteiger partial charge is 0.335 e. The third kappa shape index (κ3) is 1.57. The van der Waals surface area contributed by atoms with E-state index in [9.17, 15) is 9.90 Å². The largest absolute Gasteiger partial charge is 0.479 e. The van der Waals surface area contributed by atoms with Crippen LogP contribution in [0.25, 0.3) is 0 Å². The number of aliphatic hydroxyl groups is 3. The van der Waals surface area contributed by atoms with Crippen LogP contribution in [0.2, 0.25) is 0 Å². The summed E-state index contributed by atoms with van der Waals surface area (Å²) in [6.45, 7) is 0. The van der Waals surface area contributed by atoms with Gasteiger partial charge in [-0.3, -0.25) is 0 Å². The maximum atomic E-state index is 10.5. The molecule has 0 aliphatic heterocycles. The summed E-state index contributed by atoms with van der Waals surface area (Å²) in [5.41, 5.74) is -1.86. The molecular formula is C7H12O5. The molecule has 1 rings (SSSR count). The van der Waals surface area contributed by atoms with E-state index in [0.717, 1.165) is 0 Å². The Kier molecular flexibility index (Phi) is 2.36. The lowest BCUT2D eigenvalue weighted by atomic mass is 9.82. The summed E-state index contributed by atoms with van der Waals surface area (Å²) in [6.07, 6.45) is -2.25. The van der Waals surface area contributed by atoms with Crippen LogP contribution in [0.4, 0.5) is 0 Å². The van der Waals surface area contributed by atoms with Crippen molar-refractivity contribution in [3.63, 3.8) is 0 Å². The van der Waals surface area contributed by atoms with Crippen LogP contribution in [0.5, 0.6) is 0 Å². The van der Waals surface area contributed by atoms with E-state index in [2.05, 4.69) is 0 Å². The number of hydrogen-bond donors (Lipinski definition) is 4. The van der Waals surface area contributed by atoms with Gasteiger partial charge in [0.1, 0.15) is 0 Å². The Labute approximate surface area is 69.3 Å². The van der Waals surface area contributed by atoms with Gasteiger partial charge < -0.3 is 20.4 Å². The maximum absolute atomic E-state index is 10.5. The van der Waals surface area contributed by atoms with Gasteiger partial charge in [0.05, 0.1) is 12.2 Å². The number of carbonyl (C=O) groups is 1. The lowest BCUT2D eigenvalue weighted by Gasteiger charge is -2.33. The quantitative estimate of drug-likeness (QED) is 0.398. The predicted molar refractivity (Wildman–Crippen MR) is 38.5 cm³/mol. The van der Waals surface area contributed by atoms with Gasteiger partial charge in [-0.2, -0.15) is 0 Å². The van der Waals surface area contributed by atoms with Crippen molar-refractivity contribution >= 4 is 5.97 Å². The van der Waals surface area contributed by atoms with Crippen LogP contribution in [-0.4, -0.2) is 44.2 Å². The Morgan fingerprint density at radius 3 is 2.33 bits per heavy atom. The molecule has 0 amide bonds. The number of aliphatic carboxylic acids is 1. The van der Waals surface area contributed by atoms with E-state index < -0.39 is 23.8 Å². The first-order valence-electron chi connectivity index (χ1n) is 3.77. The lowest BCUT2D eigenvalue weighted by Crippen LogP contribution is -2.49. The molecule has 12 heavy (non-hydrogen) atoms. The zero-order valence-corrected chi connectivity index (χ0v) is 6.47. The van der Waals surface area contributed by atoms with Gasteiger partial charge >= 0.3 is 5.97 Å². The third-order valence-electron chi connectivity index (χ3n) is 2.24. The van der Waals surface area contributed by atoms with Crippen molar-refractivity contribution in [3.8, 4) is 0 Å².